The molecule has 1 N–H and O–H groups in total. The van der Waals surface area contributed by atoms with Gasteiger partial charge in [-0.2, -0.15) is 0 Å². The normalized spacial score (nSPS) is 11.1. The van der Waals surface area contributed by atoms with Crippen LogP contribution in [-0.2, 0) is 10.3 Å². The first kappa shape index (κ1) is 8.82. The van der Waals surface area contributed by atoms with Gasteiger partial charge in [-0.3, -0.25) is 4.79 Å². The summed E-state index contributed by atoms with van der Waals surface area (Å²) in [6.45, 7) is 0. The molecule has 6 heteroatoms. The Kier molecular flexibility index (Phi) is 2.20. The molecule has 0 amide bonds. The van der Waals surface area contributed by atoms with E-state index in [0.29, 0.717) is 10.3 Å². The van der Waals surface area contributed by atoms with Crippen LogP contribution >= 0.6 is 0 Å². The second-order valence-electron chi connectivity index (χ2n) is 2.06. The first-order valence-electron chi connectivity index (χ1n) is 2.98. The molecule has 0 spiro atoms. The number of hydrogen-bond donors (Lipinski definition) is 1. The summed E-state index contributed by atoms with van der Waals surface area (Å²) in [6, 6.07) is 2.77. The topological polar surface area (TPSA) is 75.3 Å². The Labute approximate surface area is 69.2 Å². The minimum Gasteiger partial charge on any atom is -0.298 e. The number of pyridine rings is 1. The van der Waals surface area contributed by atoms with Gasteiger partial charge in [0.2, 0.25) is 6.20 Å². The highest BCUT2D eigenvalue weighted by Crippen LogP contribution is 1.89. The molecular formula is C6H6NO4S+. The molecule has 0 aliphatic carbocycles. The lowest BCUT2D eigenvalue weighted by Crippen LogP contribution is -2.41. The second kappa shape index (κ2) is 3.00. The van der Waals surface area contributed by atoms with Crippen LogP contribution < -0.4 is 3.97 Å². The number of nitrogens with zero attached hydrogens (tertiary/aromatic N) is 1. The predicted molar refractivity (Wildman–Crippen MR) is 39.0 cm³/mol. The van der Waals surface area contributed by atoms with Gasteiger partial charge >= 0.3 is 10.3 Å². The lowest BCUT2D eigenvalue weighted by Gasteiger charge is -1.89. The van der Waals surface area contributed by atoms with Crippen molar-refractivity contribution in [3.63, 3.8) is 0 Å². The van der Waals surface area contributed by atoms with E-state index in [9.17, 15) is 13.2 Å². The number of aromatic nitrogens is 1. The average Bonchev–Trinajstić information content (AvgIpc) is 2.03. The zero-order chi connectivity index (χ0) is 9.19. The summed E-state index contributed by atoms with van der Waals surface area (Å²) in [7, 11) is -4.28. The van der Waals surface area contributed by atoms with Crippen molar-refractivity contribution < 1.29 is 21.7 Å². The summed E-state index contributed by atoms with van der Waals surface area (Å²) in [5.74, 6) is 0. The summed E-state index contributed by atoms with van der Waals surface area (Å²) in [4.78, 5) is 10.2. The number of carbonyl (C=O) groups is 1. The average molecular weight is 188 g/mol. The Bertz CT molecular complexity index is 398. The Hall–Kier alpha value is -1.27. The molecule has 1 aromatic rings. The van der Waals surface area contributed by atoms with Gasteiger partial charge in [0, 0.05) is 6.07 Å². The fourth-order valence-corrected chi connectivity index (χ4v) is 1.16. The highest BCUT2D eigenvalue weighted by Gasteiger charge is 2.16. The summed E-state index contributed by atoms with van der Waals surface area (Å²) < 4.78 is 30.1. The molecule has 12 heavy (non-hydrogen) atoms. The molecule has 0 aliphatic rings. The van der Waals surface area contributed by atoms with Gasteiger partial charge in [-0.25, -0.2) is 4.55 Å². The van der Waals surface area contributed by atoms with Crippen LogP contribution in [0.5, 0.6) is 0 Å². The van der Waals surface area contributed by atoms with Crippen LogP contribution in [0.25, 0.3) is 0 Å². The third-order valence-corrected chi connectivity index (χ3v) is 1.96. The summed E-state index contributed by atoms with van der Waals surface area (Å²) in [5, 5.41) is 0. The maximum Gasteiger partial charge on any atom is 0.511 e. The first-order valence-corrected chi connectivity index (χ1v) is 4.38. The standard InChI is InChI=1S/C6H5NO4S/c8-5-6-2-1-3-7(4-6)12(9,10)11/h1-5H/p+1. The molecule has 0 unspecified atom stereocenters. The largest absolute Gasteiger partial charge is 0.511 e. The molecule has 5 nitrogen and oxygen atoms in total. The highest BCUT2D eigenvalue weighted by atomic mass is 32.2. The predicted octanol–water partition coefficient (Wildman–Crippen LogP) is -0.562. The lowest BCUT2D eigenvalue weighted by molar-refractivity contribution is -0.519. The molecule has 1 aromatic heterocycles. The van der Waals surface area contributed by atoms with Gasteiger partial charge in [0.1, 0.15) is 0 Å². The van der Waals surface area contributed by atoms with E-state index in [1.165, 1.54) is 12.1 Å². The van der Waals surface area contributed by atoms with E-state index in [-0.39, 0.29) is 5.56 Å². The van der Waals surface area contributed by atoms with Gasteiger partial charge in [-0.15, -0.1) is 8.42 Å². The summed E-state index contributed by atoms with van der Waals surface area (Å²) in [5.41, 5.74) is 0.176. The quantitative estimate of drug-likeness (QED) is 0.383. The number of aldehydes is 1. The molecular weight excluding hydrogens is 182 g/mol. The molecule has 1 heterocycles. The van der Waals surface area contributed by atoms with Gasteiger partial charge in [0.05, 0.1) is 5.56 Å². The van der Waals surface area contributed by atoms with Crippen molar-refractivity contribution in [2.45, 2.75) is 0 Å². The Morgan fingerprint density at radius 3 is 2.67 bits per heavy atom. The molecule has 0 aromatic carbocycles. The summed E-state index contributed by atoms with van der Waals surface area (Å²) in [6.07, 6.45) is 2.63. The minimum atomic E-state index is -4.28. The SMILES string of the molecule is O=Cc1ccc[n+](S(=O)(=O)O)c1. The maximum atomic E-state index is 10.5. The van der Waals surface area contributed by atoms with Gasteiger partial charge in [-0.1, -0.05) is 3.97 Å². The maximum absolute atomic E-state index is 10.5. The van der Waals surface area contributed by atoms with E-state index < -0.39 is 10.3 Å². The van der Waals surface area contributed by atoms with Crippen LogP contribution in [0.2, 0.25) is 0 Å². The van der Waals surface area contributed by atoms with E-state index in [0.717, 1.165) is 12.4 Å². The molecule has 0 radical (unpaired) electrons. The van der Waals surface area contributed by atoms with Crippen LogP contribution in [0.3, 0.4) is 0 Å². The van der Waals surface area contributed by atoms with Crippen molar-refractivity contribution in [3.8, 4) is 0 Å². The van der Waals surface area contributed by atoms with Crippen molar-refractivity contribution in [2.24, 2.45) is 0 Å². The molecule has 1 rings (SSSR count). The molecule has 0 atom stereocenters. The highest BCUT2D eigenvalue weighted by molar-refractivity contribution is 7.79. The zero-order valence-corrected chi connectivity index (χ0v) is 6.73. The molecule has 0 bridgehead atoms. The van der Waals surface area contributed by atoms with Crippen molar-refractivity contribution in [1.82, 2.24) is 0 Å². The second-order valence-corrected chi connectivity index (χ2v) is 3.38. The molecule has 0 fully saturated rings. The Balaban J connectivity index is 3.29. The van der Waals surface area contributed by atoms with E-state index >= 15 is 0 Å². The minimum absolute atomic E-state index is 0.176. The number of carbonyl (C=O) groups excluding carboxylic acids is 1. The summed E-state index contributed by atoms with van der Waals surface area (Å²) >= 11 is 0. The van der Waals surface area contributed by atoms with Gasteiger partial charge in [-0.05, 0) is 6.07 Å². The van der Waals surface area contributed by atoms with Crippen LogP contribution in [-0.4, -0.2) is 19.3 Å². The third-order valence-electron chi connectivity index (χ3n) is 1.20. The molecule has 0 saturated carbocycles. The number of hydrogen-bond acceptors (Lipinski definition) is 3. The van der Waals surface area contributed by atoms with Crippen LogP contribution in [0.4, 0.5) is 0 Å². The molecule has 64 valence electrons. The third kappa shape index (κ3) is 1.86. The fourth-order valence-electron chi connectivity index (χ4n) is 0.685. The monoisotopic (exact) mass is 188 g/mol. The zero-order valence-electron chi connectivity index (χ0n) is 5.91. The van der Waals surface area contributed by atoms with E-state index in [1.807, 2.05) is 0 Å². The van der Waals surface area contributed by atoms with Crippen LogP contribution in [0, 0.1) is 0 Å². The van der Waals surface area contributed by atoms with Crippen molar-refractivity contribution in [2.75, 3.05) is 0 Å². The lowest BCUT2D eigenvalue weighted by atomic mass is 10.3. The van der Waals surface area contributed by atoms with Crippen LogP contribution in [0.15, 0.2) is 24.5 Å². The van der Waals surface area contributed by atoms with Gasteiger partial charge in [0.15, 0.2) is 12.5 Å². The van der Waals surface area contributed by atoms with Crippen molar-refractivity contribution >= 4 is 16.6 Å². The fraction of sp³-hybridized carbons (Fsp3) is 0. The van der Waals surface area contributed by atoms with E-state index in [4.69, 9.17) is 4.55 Å². The van der Waals surface area contributed by atoms with Crippen molar-refractivity contribution in [1.29, 1.82) is 0 Å². The van der Waals surface area contributed by atoms with Gasteiger partial charge < -0.3 is 0 Å². The van der Waals surface area contributed by atoms with Gasteiger partial charge in [0.25, 0.3) is 0 Å². The Morgan fingerprint density at radius 2 is 2.17 bits per heavy atom. The van der Waals surface area contributed by atoms with Crippen LogP contribution in [0.1, 0.15) is 10.4 Å². The molecule has 0 saturated heterocycles. The van der Waals surface area contributed by atoms with Crippen molar-refractivity contribution in [3.05, 3.63) is 30.1 Å². The first-order chi connectivity index (χ1) is 5.54. The smallest absolute Gasteiger partial charge is 0.298 e. The number of rotatable bonds is 2. The van der Waals surface area contributed by atoms with E-state index in [1.54, 1.807) is 0 Å². The van der Waals surface area contributed by atoms with E-state index in [2.05, 4.69) is 0 Å². The Morgan fingerprint density at radius 1 is 1.50 bits per heavy atom. The molecule has 0 aliphatic heterocycles.